The van der Waals surface area contributed by atoms with E-state index < -0.39 is 0 Å². The average Bonchev–Trinajstić information content (AvgIpc) is 2.61. The summed E-state index contributed by atoms with van der Waals surface area (Å²) in [6, 6.07) is 13.6. The molecular formula is C20H23ClN2O3. The number of rotatable bonds is 7. The lowest BCUT2D eigenvalue weighted by Crippen LogP contribution is -2.35. The predicted octanol–water partition coefficient (Wildman–Crippen LogP) is 2.90. The number of ether oxygens (including phenoxy) is 2. The maximum Gasteiger partial charge on any atom is 0.234 e. The first-order valence-corrected chi connectivity index (χ1v) is 9.06. The molecule has 0 unspecified atom stereocenters. The zero-order chi connectivity index (χ0) is 18.4. The molecule has 0 saturated carbocycles. The highest BCUT2D eigenvalue weighted by Crippen LogP contribution is 2.30. The van der Waals surface area contributed by atoms with Gasteiger partial charge in [-0.25, -0.2) is 0 Å². The smallest absolute Gasteiger partial charge is 0.234 e. The molecule has 138 valence electrons. The molecule has 3 rings (SSSR count). The number of amides is 1. The largest absolute Gasteiger partial charge is 0.486 e. The number of hydrogen-bond acceptors (Lipinski definition) is 4. The van der Waals surface area contributed by atoms with E-state index in [-0.39, 0.29) is 5.91 Å². The van der Waals surface area contributed by atoms with Crippen LogP contribution < -0.4 is 14.8 Å². The van der Waals surface area contributed by atoms with Gasteiger partial charge in [0.1, 0.15) is 13.2 Å². The SMILES string of the molecule is CN(CC(=O)NCCc1ccc2c(c1)OCCO2)Cc1cccc(Cl)c1. The molecule has 26 heavy (non-hydrogen) atoms. The Bertz CT molecular complexity index is 766. The van der Waals surface area contributed by atoms with Crippen LogP contribution in [-0.4, -0.2) is 44.2 Å². The number of nitrogens with one attached hydrogen (secondary N) is 1. The van der Waals surface area contributed by atoms with Gasteiger partial charge in [-0.05, 0) is 48.9 Å². The van der Waals surface area contributed by atoms with Crippen LogP contribution in [0.15, 0.2) is 42.5 Å². The summed E-state index contributed by atoms with van der Waals surface area (Å²) in [4.78, 5) is 14.1. The number of halogens is 1. The van der Waals surface area contributed by atoms with E-state index in [9.17, 15) is 4.79 Å². The highest BCUT2D eigenvalue weighted by molar-refractivity contribution is 6.30. The van der Waals surface area contributed by atoms with Crippen LogP contribution in [0.3, 0.4) is 0 Å². The Kier molecular flexibility index (Phi) is 6.36. The molecule has 0 radical (unpaired) electrons. The molecular weight excluding hydrogens is 352 g/mol. The quantitative estimate of drug-likeness (QED) is 0.809. The molecule has 1 heterocycles. The van der Waals surface area contributed by atoms with Crippen LogP contribution in [0.1, 0.15) is 11.1 Å². The van der Waals surface area contributed by atoms with Gasteiger partial charge < -0.3 is 14.8 Å². The van der Waals surface area contributed by atoms with Crippen molar-refractivity contribution >= 4 is 17.5 Å². The van der Waals surface area contributed by atoms with Gasteiger partial charge in [-0.1, -0.05) is 29.8 Å². The molecule has 1 aliphatic rings. The van der Waals surface area contributed by atoms with Gasteiger partial charge in [-0.2, -0.15) is 0 Å². The van der Waals surface area contributed by atoms with Crippen LogP contribution in [0.25, 0.3) is 0 Å². The summed E-state index contributed by atoms with van der Waals surface area (Å²) in [5, 5.41) is 3.67. The summed E-state index contributed by atoms with van der Waals surface area (Å²) in [6.07, 6.45) is 0.750. The van der Waals surface area contributed by atoms with E-state index >= 15 is 0 Å². The van der Waals surface area contributed by atoms with E-state index in [4.69, 9.17) is 21.1 Å². The van der Waals surface area contributed by atoms with Crippen molar-refractivity contribution in [2.45, 2.75) is 13.0 Å². The van der Waals surface area contributed by atoms with E-state index in [1.54, 1.807) is 0 Å². The van der Waals surface area contributed by atoms with Crippen molar-refractivity contribution in [2.24, 2.45) is 0 Å². The number of carbonyl (C=O) groups is 1. The molecule has 0 saturated heterocycles. The van der Waals surface area contributed by atoms with Gasteiger partial charge in [0.15, 0.2) is 11.5 Å². The van der Waals surface area contributed by atoms with Crippen molar-refractivity contribution in [3.05, 3.63) is 58.6 Å². The van der Waals surface area contributed by atoms with Crippen molar-refractivity contribution in [3.63, 3.8) is 0 Å². The van der Waals surface area contributed by atoms with Gasteiger partial charge in [0.2, 0.25) is 5.91 Å². The van der Waals surface area contributed by atoms with Crippen LogP contribution in [0.2, 0.25) is 5.02 Å². The molecule has 2 aromatic carbocycles. The van der Waals surface area contributed by atoms with Crippen LogP contribution in [0.5, 0.6) is 11.5 Å². The van der Waals surface area contributed by atoms with Crippen LogP contribution >= 0.6 is 11.6 Å². The van der Waals surface area contributed by atoms with E-state index in [1.807, 2.05) is 54.4 Å². The summed E-state index contributed by atoms with van der Waals surface area (Å²) in [6.45, 7) is 2.77. The Morgan fingerprint density at radius 3 is 2.73 bits per heavy atom. The summed E-state index contributed by atoms with van der Waals surface area (Å²) in [5.74, 6) is 1.57. The predicted molar refractivity (Wildman–Crippen MR) is 102 cm³/mol. The Hall–Kier alpha value is -2.24. The highest BCUT2D eigenvalue weighted by atomic mass is 35.5. The van der Waals surface area contributed by atoms with E-state index in [0.717, 1.165) is 29.0 Å². The lowest BCUT2D eigenvalue weighted by Gasteiger charge is -2.19. The van der Waals surface area contributed by atoms with Crippen LogP contribution in [0.4, 0.5) is 0 Å². The lowest BCUT2D eigenvalue weighted by molar-refractivity contribution is -0.122. The van der Waals surface area contributed by atoms with E-state index in [2.05, 4.69) is 5.32 Å². The minimum atomic E-state index is 0.00655. The first-order chi connectivity index (χ1) is 12.6. The van der Waals surface area contributed by atoms with Crippen molar-refractivity contribution in [1.82, 2.24) is 10.2 Å². The number of carbonyl (C=O) groups excluding carboxylic acids is 1. The van der Waals surface area contributed by atoms with E-state index in [0.29, 0.717) is 37.9 Å². The third-order valence-electron chi connectivity index (χ3n) is 4.10. The van der Waals surface area contributed by atoms with Gasteiger partial charge in [0.05, 0.1) is 6.54 Å². The summed E-state index contributed by atoms with van der Waals surface area (Å²) in [5.41, 5.74) is 2.20. The zero-order valence-corrected chi connectivity index (χ0v) is 15.6. The third-order valence-corrected chi connectivity index (χ3v) is 4.33. The topological polar surface area (TPSA) is 50.8 Å². The zero-order valence-electron chi connectivity index (χ0n) is 14.8. The van der Waals surface area contributed by atoms with Crippen LogP contribution in [-0.2, 0) is 17.8 Å². The molecule has 0 aliphatic carbocycles. The van der Waals surface area contributed by atoms with Crippen molar-refractivity contribution < 1.29 is 14.3 Å². The van der Waals surface area contributed by atoms with Crippen LogP contribution in [0, 0.1) is 0 Å². The van der Waals surface area contributed by atoms with Crippen molar-refractivity contribution in [2.75, 3.05) is 33.4 Å². The molecule has 6 heteroatoms. The molecule has 0 atom stereocenters. The van der Waals surface area contributed by atoms with Crippen molar-refractivity contribution in [1.29, 1.82) is 0 Å². The Labute approximate surface area is 158 Å². The number of fused-ring (bicyclic) bond motifs is 1. The molecule has 1 amide bonds. The second kappa shape index (κ2) is 8.92. The maximum atomic E-state index is 12.1. The Morgan fingerprint density at radius 1 is 1.12 bits per heavy atom. The molecule has 5 nitrogen and oxygen atoms in total. The number of hydrogen-bond donors (Lipinski definition) is 1. The second-order valence-electron chi connectivity index (χ2n) is 6.38. The second-order valence-corrected chi connectivity index (χ2v) is 6.82. The number of likely N-dealkylation sites (N-methyl/N-ethyl adjacent to an activating group) is 1. The fourth-order valence-corrected chi connectivity index (χ4v) is 3.11. The summed E-state index contributed by atoms with van der Waals surface area (Å²) >= 11 is 5.99. The lowest BCUT2D eigenvalue weighted by atomic mass is 10.1. The number of benzene rings is 2. The van der Waals surface area contributed by atoms with Gasteiger partial charge in [0, 0.05) is 18.1 Å². The molecule has 0 bridgehead atoms. The monoisotopic (exact) mass is 374 g/mol. The molecule has 1 aliphatic heterocycles. The summed E-state index contributed by atoms with van der Waals surface area (Å²) < 4.78 is 11.1. The van der Waals surface area contributed by atoms with Gasteiger partial charge in [-0.3, -0.25) is 9.69 Å². The van der Waals surface area contributed by atoms with Gasteiger partial charge in [0.25, 0.3) is 0 Å². The molecule has 2 aromatic rings. The fraction of sp³-hybridized carbons (Fsp3) is 0.350. The molecule has 1 N–H and O–H groups in total. The highest BCUT2D eigenvalue weighted by Gasteiger charge is 2.12. The fourth-order valence-electron chi connectivity index (χ4n) is 2.89. The Morgan fingerprint density at radius 2 is 1.92 bits per heavy atom. The third kappa shape index (κ3) is 5.38. The maximum absolute atomic E-state index is 12.1. The molecule has 0 aromatic heterocycles. The average molecular weight is 375 g/mol. The standard InChI is InChI=1S/C20H23ClN2O3/c1-23(13-16-3-2-4-17(21)11-16)14-20(24)22-8-7-15-5-6-18-19(12-15)26-10-9-25-18/h2-6,11-12H,7-10,13-14H2,1H3,(H,22,24). The summed E-state index contributed by atoms with van der Waals surface area (Å²) in [7, 11) is 1.92. The number of nitrogens with zero attached hydrogens (tertiary/aromatic N) is 1. The normalized spacial score (nSPS) is 12.9. The molecule has 0 fully saturated rings. The minimum Gasteiger partial charge on any atom is -0.486 e. The first kappa shape index (κ1) is 18.5. The first-order valence-electron chi connectivity index (χ1n) is 8.68. The van der Waals surface area contributed by atoms with Crippen molar-refractivity contribution in [3.8, 4) is 11.5 Å². The molecule has 0 spiro atoms. The van der Waals surface area contributed by atoms with Gasteiger partial charge >= 0.3 is 0 Å². The minimum absolute atomic E-state index is 0.00655. The van der Waals surface area contributed by atoms with Gasteiger partial charge in [-0.15, -0.1) is 0 Å². The van der Waals surface area contributed by atoms with E-state index in [1.165, 1.54) is 0 Å². The Balaban J connectivity index is 1.41.